The molecule has 1 aliphatic heterocycles. The molecule has 1 fully saturated rings. The average molecular weight is 545 g/mol. The first-order valence-electron chi connectivity index (χ1n) is 10.6. The van der Waals surface area contributed by atoms with Crippen LogP contribution in [0.2, 0.25) is 0 Å². The molecule has 1 aliphatic rings. The van der Waals surface area contributed by atoms with E-state index in [9.17, 15) is 4.39 Å². The first-order valence-corrected chi connectivity index (χ1v) is 10.6. The van der Waals surface area contributed by atoms with E-state index in [1.54, 1.807) is 24.8 Å². The second-order valence-electron chi connectivity index (χ2n) is 7.37. The predicted molar refractivity (Wildman–Crippen MR) is 130 cm³/mol. The fraction of sp³-hybridized carbons (Fsp3) is 0.571. The normalized spacial score (nSPS) is 14.9. The molecule has 0 spiro atoms. The number of benzene rings is 1. The van der Waals surface area contributed by atoms with Gasteiger partial charge in [-0.2, -0.15) is 0 Å². The van der Waals surface area contributed by atoms with Crippen molar-refractivity contribution < 1.29 is 9.13 Å². The highest BCUT2D eigenvalue weighted by atomic mass is 127. The van der Waals surface area contributed by atoms with E-state index in [1.165, 1.54) is 7.11 Å². The van der Waals surface area contributed by atoms with Crippen molar-refractivity contribution in [2.75, 3.05) is 46.4 Å². The number of piperazine rings is 1. The molecular weight excluding hydrogens is 512 g/mol. The molecule has 1 saturated heterocycles. The Hall–Kier alpha value is -1.95. The van der Waals surface area contributed by atoms with E-state index in [2.05, 4.69) is 32.2 Å². The summed E-state index contributed by atoms with van der Waals surface area (Å²) in [5.74, 6) is 0.966. The number of hydrogen-bond donors (Lipinski definition) is 1. The van der Waals surface area contributed by atoms with Crippen molar-refractivity contribution in [3.8, 4) is 5.75 Å². The number of rotatable bonds is 9. The fourth-order valence-electron chi connectivity index (χ4n) is 3.54. The van der Waals surface area contributed by atoms with Gasteiger partial charge in [0.25, 0.3) is 0 Å². The molecule has 10 heteroatoms. The van der Waals surface area contributed by atoms with E-state index in [1.807, 2.05) is 10.6 Å². The van der Waals surface area contributed by atoms with E-state index >= 15 is 0 Å². The predicted octanol–water partition coefficient (Wildman–Crippen LogP) is 2.61. The summed E-state index contributed by atoms with van der Waals surface area (Å²) < 4.78 is 20.9. The molecule has 1 N–H and O–H groups in total. The number of aryl methyl sites for hydroxylation is 1. The van der Waals surface area contributed by atoms with Crippen LogP contribution in [0.5, 0.6) is 5.75 Å². The molecule has 1 aromatic carbocycles. The summed E-state index contributed by atoms with van der Waals surface area (Å²) in [6.07, 6.45) is 5.56. The molecule has 0 saturated carbocycles. The Bertz CT molecular complexity index is 795. The van der Waals surface area contributed by atoms with Gasteiger partial charge in [-0.3, -0.25) is 9.89 Å². The number of aromatic nitrogens is 3. The number of nitrogens with zero attached hydrogens (tertiary/aromatic N) is 6. The number of guanidine groups is 1. The molecular formula is C21H33FIN7O. The first kappa shape index (κ1) is 25.3. The van der Waals surface area contributed by atoms with Crippen LogP contribution in [0.3, 0.4) is 0 Å². The van der Waals surface area contributed by atoms with Crippen LogP contribution < -0.4 is 10.1 Å². The average Bonchev–Trinajstić information content (AvgIpc) is 3.27. The van der Waals surface area contributed by atoms with Gasteiger partial charge in [0.2, 0.25) is 0 Å². The molecule has 0 radical (unpaired) electrons. The third kappa shape index (κ3) is 7.91. The molecule has 2 heterocycles. The molecule has 1 aromatic heterocycles. The van der Waals surface area contributed by atoms with Crippen molar-refractivity contribution >= 4 is 29.9 Å². The lowest BCUT2D eigenvalue weighted by Crippen LogP contribution is -2.52. The highest BCUT2D eigenvalue weighted by Gasteiger charge is 2.20. The third-order valence-corrected chi connectivity index (χ3v) is 5.18. The molecule has 0 atom stereocenters. The first-order chi connectivity index (χ1) is 14.7. The number of halogens is 2. The van der Waals surface area contributed by atoms with Gasteiger partial charge < -0.3 is 19.5 Å². The zero-order chi connectivity index (χ0) is 21.2. The van der Waals surface area contributed by atoms with Crippen LogP contribution in [0.25, 0.3) is 0 Å². The van der Waals surface area contributed by atoms with Crippen LogP contribution in [0, 0.1) is 5.82 Å². The van der Waals surface area contributed by atoms with Crippen LogP contribution in [0.15, 0.2) is 35.8 Å². The largest absolute Gasteiger partial charge is 0.494 e. The lowest BCUT2D eigenvalue weighted by molar-refractivity contribution is 0.172. The number of unbranched alkanes of at least 4 members (excludes halogenated alkanes) is 1. The van der Waals surface area contributed by atoms with E-state index in [4.69, 9.17) is 9.73 Å². The summed E-state index contributed by atoms with van der Waals surface area (Å²) in [5.41, 5.74) is 0.968. The summed E-state index contributed by atoms with van der Waals surface area (Å²) in [6, 6.07) is 5.19. The molecule has 31 heavy (non-hydrogen) atoms. The van der Waals surface area contributed by atoms with Crippen molar-refractivity contribution in [3.05, 3.63) is 42.2 Å². The molecule has 3 rings (SSSR count). The quantitative estimate of drug-likeness (QED) is 0.226. The SMILES string of the molecule is CCNC(=NCCCCn1cnnc1)N1CCN(Cc2ccc(OC)c(F)c2)CC1.I. The molecule has 8 nitrogen and oxygen atoms in total. The topological polar surface area (TPSA) is 70.8 Å². The number of ether oxygens (including phenoxy) is 1. The maximum absolute atomic E-state index is 13.9. The van der Waals surface area contributed by atoms with Crippen molar-refractivity contribution in [3.63, 3.8) is 0 Å². The van der Waals surface area contributed by atoms with Crippen molar-refractivity contribution in [2.24, 2.45) is 4.99 Å². The molecule has 0 amide bonds. The van der Waals surface area contributed by atoms with Gasteiger partial charge in [-0.25, -0.2) is 4.39 Å². The number of nitrogens with one attached hydrogen (secondary N) is 1. The number of aliphatic imine (C=N–C) groups is 1. The highest BCUT2D eigenvalue weighted by molar-refractivity contribution is 14.0. The Morgan fingerprint density at radius 1 is 1.16 bits per heavy atom. The minimum absolute atomic E-state index is 0. The zero-order valence-corrected chi connectivity index (χ0v) is 20.7. The summed E-state index contributed by atoms with van der Waals surface area (Å²) in [7, 11) is 1.48. The fourth-order valence-corrected chi connectivity index (χ4v) is 3.54. The van der Waals surface area contributed by atoms with Gasteiger partial charge in [0.05, 0.1) is 7.11 Å². The summed E-state index contributed by atoms with van der Waals surface area (Å²) in [5, 5.41) is 11.0. The Kier molecular flexibility index (Phi) is 11.0. The van der Waals surface area contributed by atoms with Gasteiger partial charge in [0, 0.05) is 52.4 Å². The van der Waals surface area contributed by atoms with Crippen LogP contribution in [-0.4, -0.2) is 76.9 Å². The number of hydrogen-bond acceptors (Lipinski definition) is 5. The van der Waals surface area contributed by atoms with Crippen LogP contribution in [0.1, 0.15) is 25.3 Å². The van der Waals surface area contributed by atoms with Crippen molar-refractivity contribution in [1.82, 2.24) is 29.9 Å². The Balaban J connectivity index is 0.00000341. The van der Waals surface area contributed by atoms with Crippen LogP contribution in [0.4, 0.5) is 4.39 Å². The van der Waals surface area contributed by atoms with Crippen LogP contribution in [-0.2, 0) is 13.1 Å². The third-order valence-electron chi connectivity index (χ3n) is 5.18. The molecule has 0 unspecified atom stereocenters. The van der Waals surface area contributed by atoms with Gasteiger partial charge in [-0.15, -0.1) is 34.2 Å². The van der Waals surface area contributed by atoms with Gasteiger partial charge in [0.15, 0.2) is 17.5 Å². The maximum Gasteiger partial charge on any atom is 0.194 e. The lowest BCUT2D eigenvalue weighted by atomic mass is 10.2. The van der Waals surface area contributed by atoms with E-state index in [-0.39, 0.29) is 35.5 Å². The Morgan fingerprint density at radius 2 is 1.90 bits per heavy atom. The molecule has 172 valence electrons. The molecule has 0 bridgehead atoms. The van der Waals surface area contributed by atoms with E-state index in [0.717, 1.165) is 76.7 Å². The van der Waals surface area contributed by atoms with E-state index in [0.29, 0.717) is 0 Å². The van der Waals surface area contributed by atoms with Crippen molar-refractivity contribution in [2.45, 2.75) is 32.9 Å². The smallest absolute Gasteiger partial charge is 0.194 e. The highest BCUT2D eigenvalue weighted by Crippen LogP contribution is 2.19. The lowest BCUT2D eigenvalue weighted by Gasteiger charge is -2.36. The second kappa shape index (κ2) is 13.5. The maximum atomic E-state index is 13.9. The monoisotopic (exact) mass is 545 g/mol. The Morgan fingerprint density at radius 3 is 2.55 bits per heavy atom. The molecule has 0 aliphatic carbocycles. The minimum atomic E-state index is -0.306. The van der Waals surface area contributed by atoms with Crippen molar-refractivity contribution in [1.29, 1.82) is 0 Å². The Labute approximate surface area is 200 Å². The molecule has 2 aromatic rings. The summed E-state index contributed by atoms with van der Waals surface area (Å²) in [6.45, 7) is 9.07. The van der Waals surface area contributed by atoms with Crippen LogP contribution >= 0.6 is 24.0 Å². The second-order valence-corrected chi connectivity index (χ2v) is 7.37. The van der Waals surface area contributed by atoms with Gasteiger partial charge in [-0.1, -0.05) is 6.07 Å². The summed E-state index contributed by atoms with van der Waals surface area (Å²) in [4.78, 5) is 9.47. The van der Waals surface area contributed by atoms with E-state index < -0.39 is 0 Å². The zero-order valence-electron chi connectivity index (χ0n) is 18.3. The van der Waals surface area contributed by atoms with Gasteiger partial charge >= 0.3 is 0 Å². The minimum Gasteiger partial charge on any atom is -0.494 e. The van der Waals surface area contributed by atoms with Gasteiger partial charge in [0.1, 0.15) is 12.7 Å². The standard InChI is InChI=1S/C21H32FN7O.HI/c1-3-23-21(24-8-4-5-9-28-16-25-26-17-28)29-12-10-27(11-13-29)15-18-6-7-20(30-2)19(22)14-18;/h6-7,14,16-17H,3-5,8-13,15H2,1-2H3,(H,23,24);1H. The summed E-state index contributed by atoms with van der Waals surface area (Å²) >= 11 is 0. The van der Waals surface area contributed by atoms with Gasteiger partial charge in [-0.05, 0) is 37.5 Å². The number of methoxy groups -OCH3 is 1.